The number of thiazole rings is 1. The van der Waals surface area contributed by atoms with Gasteiger partial charge in [-0.15, -0.1) is 11.3 Å². The summed E-state index contributed by atoms with van der Waals surface area (Å²) < 4.78 is 1.08. The molecule has 0 spiro atoms. The van der Waals surface area contributed by atoms with Crippen molar-refractivity contribution in [1.29, 1.82) is 0 Å². The van der Waals surface area contributed by atoms with E-state index in [1.165, 1.54) is 16.7 Å². The average Bonchev–Trinajstić information content (AvgIpc) is 2.93. The maximum atomic E-state index is 4.41. The third-order valence-corrected chi connectivity index (χ3v) is 4.03. The molecule has 0 fully saturated rings. The SMILES string of the molecule is Brc1ccc(-c2ccccc2)c(-c2nccs2)c1. The Hall–Kier alpha value is -1.45. The lowest BCUT2D eigenvalue weighted by atomic mass is 10.0. The Labute approximate surface area is 118 Å². The molecule has 3 rings (SSSR count). The summed E-state index contributed by atoms with van der Waals surface area (Å²) >= 11 is 5.19. The van der Waals surface area contributed by atoms with Crippen molar-refractivity contribution < 1.29 is 0 Å². The lowest BCUT2D eigenvalue weighted by Crippen LogP contribution is -1.84. The molecule has 88 valence electrons. The van der Waals surface area contributed by atoms with Crippen molar-refractivity contribution in [2.45, 2.75) is 0 Å². The molecule has 0 saturated carbocycles. The van der Waals surface area contributed by atoms with Gasteiger partial charge in [0.15, 0.2) is 0 Å². The van der Waals surface area contributed by atoms with Gasteiger partial charge < -0.3 is 0 Å². The lowest BCUT2D eigenvalue weighted by Gasteiger charge is -2.08. The summed E-state index contributed by atoms with van der Waals surface area (Å²) in [6, 6.07) is 16.7. The number of hydrogen-bond acceptors (Lipinski definition) is 2. The highest BCUT2D eigenvalue weighted by molar-refractivity contribution is 9.10. The average molecular weight is 316 g/mol. The molecule has 0 unspecified atom stereocenters. The number of aromatic nitrogens is 1. The first-order valence-corrected chi connectivity index (χ1v) is 7.27. The van der Waals surface area contributed by atoms with E-state index in [-0.39, 0.29) is 0 Å². The van der Waals surface area contributed by atoms with Gasteiger partial charge in [-0.3, -0.25) is 0 Å². The van der Waals surface area contributed by atoms with E-state index in [2.05, 4.69) is 63.4 Å². The van der Waals surface area contributed by atoms with Crippen molar-refractivity contribution in [2.75, 3.05) is 0 Å². The molecule has 0 aliphatic rings. The molecule has 3 heteroatoms. The van der Waals surface area contributed by atoms with Gasteiger partial charge in [0.1, 0.15) is 5.01 Å². The Morgan fingerprint density at radius 2 is 1.78 bits per heavy atom. The zero-order valence-electron chi connectivity index (χ0n) is 9.51. The summed E-state index contributed by atoms with van der Waals surface area (Å²) in [6.07, 6.45) is 1.84. The van der Waals surface area contributed by atoms with E-state index in [1.54, 1.807) is 11.3 Å². The van der Waals surface area contributed by atoms with E-state index in [1.807, 2.05) is 17.6 Å². The van der Waals surface area contributed by atoms with Gasteiger partial charge in [0.2, 0.25) is 0 Å². The highest BCUT2D eigenvalue weighted by Crippen LogP contribution is 2.35. The zero-order chi connectivity index (χ0) is 12.4. The van der Waals surface area contributed by atoms with Crippen LogP contribution in [0.25, 0.3) is 21.7 Å². The van der Waals surface area contributed by atoms with Crippen molar-refractivity contribution in [2.24, 2.45) is 0 Å². The molecular weight excluding hydrogens is 306 g/mol. The predicted molar refractivity (Wildman–Crippen MR) is 80.7 cm³/mol. The van der Waals surface area contributed by atoms with Crippen LogP contribution in [0.1, 0.15) is 0 Å². The smallest absolute Gasteiger partial charge is 0.123 e. The number of hydrogen-bond donors (Lipinski definition) is 0. The van der Waals surface area contributed by atoms with Gasteiger partial charge in [0.25, 0.3) is 0 Å². The fourth-order valence-electron chi connectivity index (χ4n) is 1.92. The van der Waals surface area contributed by atoms with E-state index in [0.717, 1.165) is 9.48 Å². The van der Waals surface area contributed by atoms with Crippen LogP contribution in [-0.4, -0.2) is 4.98 Å². The third kappa shape index (κ3) is 2.24. The van der Waals surface area contributed by atoms with Crippen LogP contribution < -0.4 is 0 Å². The summed E-state index contributed by atoms with van der Waals surface area (Å²) in [4.78, 5) is 4.41. The van der Waals surface area contributed by atoms with Crippen LogP contribution in [0.4, 0.5) is 0 Å². The van der Waals surface area contributed by atoms with E-state index in [0.29, 0.717) is 0 Å². The highest BCUT2D eigenvalue weighted by Gasteiger charge is 2.09. The number of nitrogens with zero attached hydrogens (tertiary/aromatic N) is 1. The second kappa shape index (κ2) is 5.04. The maximum Gasteiger partial charge on any atom is 0.123 e. The van der Waals surface area contributed by atoms with Crippen LogP contribution >= 0.6 is 27.3 Å². The molecular formula is C15H10BrNS. The van der Waals surface area contributed by atoms with Crippen molar-refractivity contribution in [3.8, 4) is 21.7 Å². The van der Waals surface area contributed by atoms with Gasteiger partial charge in [-0.05, 0) is 23.3 Å². The number of benzene rings is 2. The zero-order valence-corrected chi connectivity index (χ0v) is 11.9. The molecule has 0 radical (unpaired) electrons. The first-order valence-electron chi connectivity index (χ1n) is 5.59. The molecule has 18 heavy (non-hydrogen) atoms. The maximum absolute atomic E-state index is 4.41. The second-order valence-corrected chi connectivity index (χ2v) is 5.70. The van der Waals surface area contributed by atoms with E-state index < -0.39 is 0 Å². The van der Waals surface area contributed by atoms with Gasteiger partial charge in [-0.2, -0.15) is 0 Å². The number of halogens is 1. The van der Waals surface area contributed by atoms with Crippen LogP contribution in [0.2, 0.25) is 0 Å². The molecule has 0 amide bonds. The van der Waals surface area contributed by atoms with Crippen LogP contribution in [0.15, 0.2) is 64.6 Å². The summed E-state index contributed by atoms with van der Waals surface area (Å²) in [5.41, 5.74) is 3.61. The third-order valence-electron chi connectivity index (χ3n) is 2.73. The first-order chi connectivity index (χ1) is 8.84. The first kappa shape index (κ1) is 11.6. The minimum absolute atomic E-state index is 1.05. The minimum Gasteiger partial charge on any atom is -0.245 e. The van der Waals surface area contributed by atoms with Gasteiger partial charge in [-0.25, -0.2) is 4.98 Å². The van der Waals surface area contributed by atoms with Crippen LogP contribution in [0, 0.1) is 0 Å². The van der Waals surface area contributed by atoms with Crippen molar-refractivity contribution in [1.82, 2.24) is 4.98 Å². The van der Waals surface area contributed by atoms with Crippen LogP contribution in [-0.2, 0) is 0 Å². The predicted octanol–water partition coefficient (Wildman–Crippen LogP) is 5.24. The molecule has 0 aliphatic carbocycles. The van der Waals surface area contributed by atoms with E-state index in [9.17, 15) is 0 Å². The van der Waals surface area contributed by atoms with Crippen LogP contribution in [0.5, 0.6) is 0 Å². The molecule has 0 atom stereocenters. The molecule has 3 aromatic rings. The highest BCUT2D eigenvalue weighted by atomic mass is 79.9. The normalized spacial score (nSPS) is 10.5. The fourth-order valence-corrected chi connectivity index (χ4v) is 2.95. The summed E-state index contributed by atoms with van der Waals surface area (Å²) in [7, 11) is 0. The standard InChI is InChI=1S/C15H10BrNS/c16-12-6-7-13(11-4-2-1-3-5-11)14(10-12)15-17-8-9-18-15/h1-10H. The minimum atomic E-state index is 1.05. The van der Waals surface area contributed by atoms with Crippen LogP contribution in [0.3, 0.4) is 0 Å². The van der Waals surface area contributed by atoms with Crippen molar-refractivity contribution in [3.63, 3.8) is 0 Å². The van der Waals surface area contributed by atoms with Gasteiger partial charge in [0.05, 0.1) is 0 Å². The van der Waals surface area contributed by atoms with Gasteiger partial charge >= 0.3 is 0 Å². The molecule has 0 saturated heterocycles. The molecule has 0 aliphatic heterocycles. The monoisotopic (exact) mass is 315 g/mol. The van der Waals surface area contributed by atoms with Crippen molar-refractivity contribution >= 4 is 27.3 Å². The van der Waals surface area contributed by atoms with Crippen molar-refractivity contribution in [3.05, 3.63) is 64.6 Å². The number of rotatable bonds is 2. The summed E-state index contributed by atoms with van der Waals surface area (Å²) in [5, 5.41) is 3.06. The topological polar surface area (TPSA) is 12.9 Å². The second-order valence-electron chi connectivity index (χ2n) is 3.89. The fraction of sp³-hybridized carbons (Fsp3) is 0. The summed E-state index contributed by atoms with van der Waals surface area (Å²) in [6.45, 7) is 0. The Kier molecular flexibility index (Phi) is 3.26. The molecule has 0 bridgehead atoms. The van der Waals surface area contributed by atoms with E-state index in [4.69, 9.17) is 0 Å². The Morgan fingerprint density at radius 1 is 0.944 bits per heavy atom. The molecule has 1 nitrogen and oxygen atoms in total. The Morgan fingerprint density at radius 3 is 2.50 bits per heavy atom. The van der Waals surface area contributed by atoms with E-state index >= 15 is 0 Å². The Balaban J connectivity index is 2.21. The molecule has 1 aromatic heterocycles. The largest absolute Gasteiger partial charge is 0.245 e. The summed E-state index contributed by atoms with van der Waals surface area (Å²) in [5.74, 6) is 0. The van der Waals surface area contributed by atoms with Gasteiger partial charge in [-0.1, -0.05) is 52.3 Å². The Bertz CT molecular complexity index is 648. The van der Waals surface area contributed by atoms with Gasteiger partial charge in [0, 0.05) is 21.6 Å². The molecule has 0 N–H and O–H groups in total. The molecule has 1 heterocycles. The quantitative estimate of drug-likeness (QED) is 0.630. The molecule has 2 aromatic carbocycles. The lowest BCUT2D eigenvalue weighted by molar-refractivity contribution is 1.41.